The van der Waals surface area contributed by atoms with Gasteiger partial charge in [0.15, 0.2) is 0 Å². The molecular formula is C18H26N2O3S. The van der Waals surface area contributed by atoms with Crippen LogP contribution in [0.1, 0.15) is 43.6 Å². The van der Waals surface area contributed by atoms with Gasteiger partial charge < -0.3 is 4.90 Å². The molecule has 1 saturated heterocycles. The zero-order valence-corrected chi connectivity index (χ0v) is 15.0. The van der Waals surface area contributed by atoms with Crippen LogP contribution in [-0.2, 0) is 14.8 Å². The van der Waals surface area contributed by atoms with Gasteiger partial charge in [-0.25, -0.2) is 13.1 Å². The van der Waals surface area contributed by atoms with Crippen molar-refractivity contribution in [1.29, 1.82) is 0 Å². The van der Waals surface area contributed by atoms with Gasteiger partial charge in [-0.15, -0.1) is 0 Å². The first-order valence-corrected chi connectivity index (χ1v) is 10.6. The van der Waals surface area contributed by atoms with Gasteiger partial charge in [-0.1, -0.05) is 43.2 Å². The predicted molar refractivity (Wildman–Crippen MR) is 94.1 cm³/mol. The zero-order valence-electron chi connectivity index (χ0n) is 14.1. The molecule has 0 aromatic heterocycles. The van der Waals surface area contributed by atoms with Crippen molar-refractivity contribution in [1.82, 2.24) is 9.62 Å². The molecule has 1 aliphatic heterocycles. The van der Waals surface area contributed by atoms with Crippen LogP contribution >= 0.6 is 0 Å². The second-order valence-corrected chi connectivity index (χ2v) is 8.95. The molecule has 24 heavy (non-hydrogen) atoms. The largest absolute Gasteiger partial charge is 0.340 e. The maximum absolute atomic E-state index is 12.6. The van der Waals surface area contributed by atoms with Crippen LogP contribution in [0.2, 0.25) is 0 Å². The number of carbonyl (C=O) groups excluding carboxylic acids is 1. The van der Waals surface area contributed by atoms with E-state index in [0.717, 1.165) is 18.4 Å². The summed E-state index contributed by atoms with van der Waals surface area (Å²) in [5.41, 5.74) is 1.08. The Kier molecular flexibility index (Phi) is 5.25. The molecule has 132 valence electrons. The number of carbonyl (C=O) groups is 1. The molecule has 2 atom stereocenters. The van der Waals surface area contributed by atoms with Gasteiger partial charge in [0.2, 0.25) is 15.9 Å². The summed E-state index contributed by atoms with van der Waals surface area (Å²) >= 11 is 0. The summed E-state index contributed by atoms with van der Waals surface area (Å²) in [5.74, 6) is 0.684. The Hall–Kier alpha value is -1.40. The third-order valence-electron chi connectivity index (χ3n) is 5.20. The van der Waals surface area contributed by atoms with E-state index in [1.807, 2.05) is 35.2 Å². The summed E-state index contributed by atoms with van der Waals surface area (Å²) in [6.45, 7) is 1.04. The molecule has 6 heteroatoms. The topological polar surface area (TPSA) is 66.5 Å². The third kappa shape index (κ3) is 4.36. The van der Waals surface area contributed by atoms with E-state index in [4.69, 9.17) is 0 Å². The van der Waals surface area contributed by atoms with E-state index in [0.29, 0.717) is 25.4 Å². The highest BCUT2D eigenvalue weighted by Crippen LogP contribution is 2.32. The molecule has 3 rings (SSSR count). The minimum Gasteiger partial charge on any atom is -0.340 e. The summed E-state index contributed by atoms with van der Waals surface area (Å²) in [6.07, 6.45) is 6.52. The van der Waals surface area contributed by atoms with Crippen molar-refractivity contribution in [2.75, 3.05) is 19.3 Å². The van der Waals surface area contributed by atoms with E-state index in [9.17, 15) is 13.2 Å². The van der Waals surface area contributed by atoms with Crippen LogP contribution in [0.25, 0.3) is 0 Å². The van der Waals surface area contributed by atoms with E-state index in [2.05, 4.69) is 4.72 Å². The summed E-state index contributed by atoms with van der Waals surface area (Å²) in [4.78, 5) is 14.5. The first-order chi connectivity index (χ1) is 11.4. The Bertz CT molecular complexity index is 669. The molecular weight excluding hydrogens is 324 g/mol. The Morgan fingerprint density at radius 2 is 1.83 bits per heavy atom. The predicted octanol–water partition coefficient (Wildman–Crippen LogP) is 2.11. The second kappa shape index (κ2) is 7.23. The minimum absolute atomic E-state index is 0.00783. The van der Waals surface area contributed by atoms with Gasteiger partial charge >= 0.3 is 0 Å². The van der Waals surface area contributed by atoms with Crippen LogP contribution in [0.5, 0.6) is 0 Å². The van der Waals surface area contributed by atoms with E-state index >= 15 is 0 Å². The number of nitrogens with zero attached hydrogens (tertiary/aromatic N) is 1. The maximum Gasteiger partial charge on any atom is 0.222 e. The fourth-order valence-electron chi connectivity index (χ4n) is 4.03. The van der Waals surface area contributed by atoms with E-state index < -0.39 is 10.0 Å². The SMILES string of the molecule is CS(=O)(=O)N[C@H]1CN(C(=O)CC2CCCC2)C[C@@H]1c1ccccc1. The Labute approximate surface area is 144 Å². The van der Waals surface area contributed by atoms with E-state index in [-0.39, 0.29) is 17.9 Å². The molecule has 1 amide bonds. The van der Waals surface area contributed by atoms with Gasteiger partial charge in [0.1, 0.15) is 0 Å². The van der Waals surface area contributed by atoms with Crippen LogP contribution in [-0.4, -0.2) is 44.6 Å². The Balaban J connectivity index is 1.72. The number of amides is 1. The van der Waals surface area contributed by atoms with Gasteiger partial charge in [-0.05, 0) is 24.3 Å². The first-order valence-electron chi connectivity index (χ1n) is 8.72. The van der Waals surface area contributed by atoms with Crippen molar-refractivity contribution in [3.63, 3.8) is 0 Å². The highest BCUT2D eigenvalue weighted by molar-refractivity contribution is 7.88. The Morgan fingerprint density at radius 3 is 2.46 bits per heavy atom. The molecule has 1 aliphatic carbocycles. The lowest BCUT2D eigenvalue weighted by Crippen LogP contribution is -2.40. The molecule has 0 unspecified atom stereocenters. The number of nitrogens with one attached hydrogen (secondary N) is 1. The van der Waals surface area contributed by atoms with Gasteiger partial charge in [0.05, 0.1) is 6.26 Å². The van der Waals surface area contributed by atoms with Crippen molar-refractivity contribution in [2.45, 2.75) is 44.1 Å². The van der Waals surface area contributed by atoms with Crippen LogP contribution in [0, 0.1) is 5.92 Å². The number of hydrogen-bond acceptors (Lipinski definition) is 3. The van der Waals surface area contributed by atoms with Crippen LogP contribution in [0.15, 0.2) is 30.3 Å². The van der Waals surface area contributed by atoms with Crippen molar-refractivity contribution >= 4 is 15.9 Å². The minimum atomic E-state index is -3.31. The van der Waals surface area contributed by atoms with Gasteiger partial charge in [-0.2, -0.15) is 0 Å². The van der Waals surface area contributed by atoms with Gasteiger partial charge in [0.25, 0.3) is 0 Å². The molecule has 0 spiro atoms. The third-order valence-corrected chi connectivity index (χ3v) is 5.93. The van der Waals surface area contributed by atoms with Gasteiger partial charge in [0, 0.05) is 31.5 Å². The number of hydrogen-bond donors (Lipinski definition) is 1. The zero-order chi connectivity index (χ0) is 17.2. The summed E-state index contributed by atoms with van der Waals surface area (Å²) < 4.78 is 26.1. The molecule has 1 aromatic rings. The van der Waals surface area contributed by atoms with Crippen LogP contribution in [0.4, 0.5) is 0 Å². The van der Waals surface area contributed by atoms with E-state index in [1.54, 1.807) is 0 Å². The van der Waals surface area contributed by atoms with Crippen molar-refractivity contribution in [3.05, 3.63) is 35.9 Å². The molecule has 2 fully saturated rings. The number of sulfonamides is 1. The fourth-order valence-corrected chi connectivity index (χ4v) is 4.82. The molecule has 1 heterocycles. The molecule has 0 bridgehead atoms. The van der Waals surface area contributed by atoms with Crippen molar-refractivity contribution in [2.24, 2.45) is 5.92 Å². The number of likely N-dealkylation sites (tertiary alicyclic amines) is 1. The summed E-state index contributed by atoms with van der Waals surface area (Å²) in [6, 6.07) is 9.61. The average molecular weight is 350 g/mol. The standard InChI is InChI=1S/C18H26N2O3S/c1-24(22,23)19-17-13-20(18(21)11-14-7-5-6-8-14)12-16(17)15-9-3-2-4-10-15/h2-4,9-10,14,16-17,19H,5-8,11-13H2,1H3/t16-,17+/m1/s1. The quantitative estimate of drug-likeness (QED) is 0.884. The van der Waals surface area contributed by atoms with Crippen LogP contribution in [0.3, 0.4) is 0 Å². The van der Waals surface area contributed by atoms with Gasteiger partial charge in [-0.3, -0.25) is 4.79 Å². The van der Waals surface area contributed by atoms with Crippen molar-refractivity contribution < 1.29 is 13.2 Å². The summed E-state index contributed by atoms with van der Waals surface area (Å²) in [5, 5.41) is 0. The first kappa shape index (κ1) is 17.4. The molecule has 1 N–H and O–H groups in total. The number of benzene rings is 1. The second-order valence-electron chi connectivity index (χ2n) is 7.17. The fraction of sp³-hybridized carbons (Fsp3) is 0.611. The molecule has 0 radical (unpaired) electrons. The smallest absolute Gasteiger partial charge is 0.222 e. The van der Waals surface area contributed by atoms with Crippen LogP contribution < -0.4 is 4.72 Å². The van der Waals surface area contributed by atoms with Crippen molar-refractivity contribution in [3.8, 4) is 0 Å². The molecule has 5 nitrogen and oxygen atoms in total. The lowest BCUT2D eigenvalue weighted by Gasteiger charge is -2.18. The van der Waals surface area contributed by atoms with E-state index in [1.165, 1.54) is 19.1 Å². The molecule has 2 aliphatic rings. The maximum atomic E-state index is 12.6. The highest BCUT2D eigenvalue weighted by atomic mass is 32.2. The monoisotopic (exact) mass is 350 g/mol. The Morgan fingerprint density at radius 1 is 1.17 bits per heavy atom. The lowest BCUT2D eigenvalue weighted by atomic mass is 9.95. The number of rotatable bonds is 5. The lowest BCUT2D eigenvalue weighted by molar-refractivity contribution is -0.131. The summed E-state index contributed by atoms with van der Waals surface area (Å²) in [7, 11) is -3.31. The normalized spacial score (nSPS) is 25.3. The highest BCUT2D eigenvalue weighted by Gasteiger charge is 2.38. The molecule has 1 aromatic carbocycles. The average Bonchev–Trinajstić information content (AvgIpc) is 3.16. The molecule has 1 saturated carbocycles.